The predicted molar refractivity (Wildman–Crippen MR) is 235 cm³/mol. The second kappa shape index (κ2) is 17.7. The van der Waals surface area contributed by atoms with Crippen LogP contribution in [0, 0.1) is 11.8 Å². The average Bonchev–Trinajstić information content (AvgIpc) is 3.91. The fraction of sp³-hybridized carbons (Fsp3) is 0.184. The highest BCUT2D eigenvalue weighted by Gasteiger charge is 2.36. The fourth-order valence-electron chi connectivity index (χ4n) is 8.01. The number of hydrogen-bond donors (Lipinski definition) is 1. The molecular weight excluding hydrogens is 771 g/mol. The molecule has 0 radical (unpaired) electrons. The number of esters is 1. The molecule has 2 fully saturated rings. The Balaban J connectivity index is 0.000000171. The molecule has 2 aliphatic heterocycles. The fourth-order valence-corrected chi connectivity index (χ4v) is 8.01. The van der Waals surface area contributed by atoms with Gasteiger partial charge in [0.15, 0.2) is 0 Å². The lowest BCUT2D eigenvalue weighted by atomic mass is 9.98. The molecule has 2 atom stereocenters. The van der Waals surface area contributed by atoms with Crippen molar-refractivity contribution in [2.45, 2.75) is 12.8 Å². The van der Waals surface area contributed by atoms with Crippen LogP contribution in [0.2, 0.25) is 0 Å². The molecule has 0 bridgehead atoms. The monoisotopic (exact) mass is 813 g/mol. The number of carbonyl (C=O) groups is 4. The summed E-state index contributed by atoms with van der Waals surface area (Å²) in [6.07, 6.45) is 7.51. The van der Waals surface area contributed by atoms with Gasteiger partial charge in [0.25, 0.3) is 0 Å². The zero-order valence-corrected chi connectivity index (χ0v) is 33.9. The minimum absolute atomic E-state index is 0.0445. The zero-order chi connectivity index (χ0) is 42.5. The summed E-state index contributed by atoms with van der Waals surface area (Å²) >= 11 is 0. The summed E-state index contributed by atoms with van der Waals surface area (Å²) in [7, 11) is 4.64. The number of amides is 3. The highest BCUT2D eigenvalue weighted by atomic mass is 16.5. The Kier molecular flexibility index (Phi) is 11.7. The summed E-state index contributed by atoms with van der Waals surface area (Å²) < 4.78 is 15.7. The van der Waals surface area contributed by atoms with E-state index in [1.165, 1.54) is 7.11 Å². The molecule has 1 N–H and O–H groups in total. The lowest BCUT2D eigenvalue weighted by Gasteiger charge is -2.18. The average molecular weight is 814 g/mol. The van der Waals surface area contributed by atoms with Gasteiger partial charge in [-0.1, -0.05) is 54.6 Å². The molecule has 61 heavy (non-hydrogen) atoms. The van der Waals surface area contributed by atoms with Crippen LogP contribution in [0.5, 0.6) is 11.5 Å². The lowest BCUT2D eigenvalue weighted by Crippen LogP contribution is -2.28. The van der Waals surface area contributed by atoms with E-state index in [1.54, 1.807) is 48.8 Å². The molecule has 7 aromatic rings. The predicted octanol–water partition coefficient (Wildman–Crippen LogP) is 8.34. The number of para-hydroxylation sites is 1. The highest BCUT2D eigenvalue weighted by molar-refractivity contribution is 6.05. The highest BCUT2D eigenvalue weighted by Crippen LogP contribution is 2.37. The third-order valence-electron chi connectivity index (χ3n) is 11.2. The molecular formula is C49H43N5O7. The van der Waals surface area contributed by atoms with Crippen molar-refractivity contribution in [1.29, 1.82) is 0 Å². The van der Waals surface area contributed by atoms with Crippen molar-refractivity contribution in [1.82, 2.24) is 9.97 Å². The molecule has 306 valence electrons. The van der Waals surface area contributed by atoms with E-state index >= 15 is 0 Å². The van der Waals surface area contributed by atoms with Crippen LogP contribution < -0.4 is 24.6 Å². The molecule has 3 amide bonds. The summed E-state index contributed by atoms with van der Waals surface area (Å²) in [6.45, 7) is 0.718. The summed E-state index contributed by atoms with van der Waals surface area (Å²) in [5.74, 6) is 0.186. The normalized spacial score (nSPS) is 16.0. The first kappa shape index (κ1) is 40.2. The first-order chi connectivity index (χ1) is 29.8. The number of hydrogen-bond acceptors (Lipinski definition) is 9. The molecule has 0 spiro atoms. The van der Waals surface area contributed by atoms with Gasteiger partial charge in [0.1, 0.15) is 11.5 Å². The Morgan fingerprint density at radius 1 is 0.574 bits per heavy atom. The number of rotatable bonds is 9. The Bertz CT molecular complexity index is 2740. The summed E-state index contributed by atoms with van der Waals surface area (Å²) in [6, 6.07) is 36.8. The van der Waals surface area contributed by atoms with Crippen LogP contribution in [0.15, 0.2) is 140 Å². The minimum Gasteiger partial charge on any atom is -0.496 e. The van der Waals surface area contributed by atoms with E-state index in [9.17, 15) is 19.2 Å². The van der Waals surface area contributed by atoms with Gasteiger partial charge >= 0.3 is 5.97 Å². The van der Waals surface area contributed by atoms with Crippen LogP contribution in [-0.4, -0.2) is 68.1 Å². The van der Waals surface area contributed by atoms with Gasteiger partial charge in [-0.15, -0.1) is 0 Å². The maximum absolute atomic E-state index is 12.7. The van der Waals surface area contributed by atoms with Crippen molar-refractivity contribution in [3.05, 3.63) is 140 Å². The van der Waals surface area contributed by atoms with Gasteiger partial charge in [0.2, 0.25) is 17.7 Å². The lowest BCUT2D eigenvalue weighted by molar-refractivity contribution is -0.145. The molecule has 0 saturated carbocycles. The Labute approximate surface area is 352 Å². The van der Waals surface area contributed by atoms with Gasteiger partial charge in [0, 0.05) is 78.6 Å². The van der Waals surface area contributed by atoms with Crippen LogP contribution in [0.1, 0.15) is 12.8 Å². The summed E-state index contributed by atoms with van der Waals surface area (Å²) in [4.78, 5) is 61.1. The van der Waals surface area contributed by atoms with E-state index in [0.29, 0.717) is 13.1 Å². The van der Waals surface area contributed by atoms with E-state index in [1.807, 2.05) is 115 Å². The quantitative estimate of drug-likeness (QED) is 0.143. The van der Waals surface area contributed by atoms with Crippen molar-refractivity contribution in [3.8, 4) is 33.8 Å². The van der Waals surface area contributed by atoms with Crippen molar-refractivity contribution in [2.24, 2.45) is 11.8 Å². The molecule has 5 aromatic carbocycles. The smallest absolute Gasteiger partial charge is 0.311 e. The van der Waals surface area contributed by atoms with Crippen molar-refractivity contribution in [2.75, 3.05) is 49.5 Å². The number of nitrogens with zero attached hydrogens (tertiary/aromatic N) is 4. The third kappa shape index (κ3) is 8.33. The number of nitrogens with one attached hydrogen (secondary N) is 1. The summed E-state index contributed by atoms with van der Waals surface area (Å²) in [5.41, 5.74) is 6.48. The van der Waals surface area contributed by atoms with Crippen LogP contribution in [0.25, 0.3) is 43.8 Å². The Morgan fingerprint density at radius 2 is 1.05 bits per heavy atom. The summed E-state index contributed by atoms with van der Waals surface area (Å²) in [5, 5.41) is 6.89. The van der Waals surface area contributed by atoms with Crippen LogP contribution >= 0.6 is 0 Å². The molecule has 0 aliphatic carbocycles. The van der Waals surface area contributed by atoms with E-state index in [4.69, 9.17) is 14.2 Å². The molecule has 12 nitrogen and oxygen atoms in total. The van der Waals surface area contributed by atoms with Gasteiger partial charge in [-0.25, -0.2) is 0 Å². The maximum Gasteiger partial charge on any atom is 0.311 e. The minimum atomic E-state index is -0.407. The first-order valence-corrected chi connectivity index (χ1v) is 19.8. The number of anilines is 3. The second-order valence-electron chi connectivity index (χ2n) is 14.8. The van der Waals surface area contributed by atoms with Gasteiger partial charge < -0.3 is 29.3 Å². The van der Waals surface area contributed by atoms with E-state index in [2.05, 4.69) is 15.3 Å². The number of carbonyl (C=O) groups excluding carboxylic acids is 4. The van der Waals surface area contributed by atoms with Gasteiger partial charge in [-0.3, -0.25) is 29.1 Å². The first-order valence-electron chi connectivity index (χ1n) is 19.8. The molecule has 2 aliphatic rings. The molecule has 2 aromatic heterocycles. The Hall–Kier alpha value is -7.60. The molecule has 9 rings (SSSR count). The number of pyridine rings is 2. The number of benzene rings is 5. The van der Waals surface area contributed by atoms with E-state index < -0.39 is 5.92 Å². The Morgan fingerprint density at radius 3 is 1.52 bits per heavy atom. The molecule has 2 saturated heterocycles. The molecule has 4 heterocycles. The number of fused-ring (bicyclic) bond motifs is 2. The van der Waals surface area contributed by atoms with E-state index in [0.717, 1.165) is 72.4 Å². The maximum atomic E-state index is 12.7. The van der Waals surface area contributed by atoms with Crippen molar-refractivity contribution < 1.29 is 33.4 Å². The topological polar surface area (TPSA) is 140 Å². The van der Waals surface area contributed by atoms with Crippen LogP contribution in [0.4, 0.5) is 17.1 Å². The van der Waals surface area contributed by atoms with Crippen molar-refractivity contribution >= 4 is 62.3 Å². The number of methoxy groups -OCH3 is 3. The molecule has 2 unspecified atom stereocenters. The van der Waals surface area contributed by atoms with Crippen LogP contribution in [-0.2, 0) is 23.9 Å². The molecule has 12 heteroatoms. The van der Waals surface area contributed by atoms with Crippen LogP contribution in [0.3, 0.4) is 0 Å². The van der Waals surface area contributed by atoms with Crippen molar-refractivity contribution in [3.63, 3.8) is 0 Å². The zero-order valence-electron chi connectivity index (χ0n) is 33.9. The second-order valence-corrected chi connectivity index (χ2v) is 14.8. The standard InChI is InChI=1S/C27H23N3O3.C22H20N2O4/c1-33-25-12-11-22(23-13-14-28-16-24(23)25)18-7-9-21(10-8-18)30-17-19(15-26(30)31)27(32)29-20-5-3-2-4-6-20;1-27-20-8-7-17(18-9-10-23-12-19(18)20)14-3-5-16(6-4-14)24-13-15(11-21(24)25)22(26)28-2/h2-14,16,19H,15,17H2,1H3,(H,29,32);3-10,12,15H,11,13H2,1-2H3. The van der Waals surface area contributed by atoms with E-state index in [-0.39, 0.29) is 42.5 Å². The third-order valence-corrected chi connectivity index (χ3v) is 11.2. The number of aromatic nitrogens is 2. The SMILES string of the molecule is COC(=O)C1CC(=O)N(c2ccc(-c3ccc(OC)c4cnccc34)cc2)C1.COc1ccc(-c2ccc(N3CC(C(=O)Nc4ccccc4)CC3=O)cc2)c2ccncc12. The largest absolute Gasteiger partial charge is 0.496 e. The number of ether oxygens (including phenoxy) is 3. The van der Waals surface area contributed by atoms with Gasteiger partial charge in [0.05, 0.1) is 33.2 Å². The van der Waals surface area contributed by atoms with Gasteiger partial charge in [-0.05, 0) is 93.7 Å². The van der Waals surface area contributed by atoms with Gasteiger partial charge in [-0.2, -0.15) is 0 Å².